The van der Waals surface area contributed by atoms with Crippen LogP contribution in [0.15, 0.2) is 46.7 Å². The molecule has 17 heavy (non-hydrogen) atoms. The molecule has 1 heterocycles. The molecule has 1 aromatic rings. The van der Waals surface area contributed by atoms with Crippen molar-refractivity contribution in [3.63, 3.8) is 0 Å². The molecular weight excluding hydrogens is 236 g/mol. The minimum atomic E-state index is -0.559. The predicted molar refractivity (Wildman–Crippen MR) is 67.8 cm³/mol. The van der Waals surface area contributed by atoms with Gasteiger partial charge in [-0.3, -0.25) is 0 Å². The highest BCUT2D eigenvalue weighted by molar-refractivity contribution is 8.02. The fourth-order valence-electron chi connectivity index (χ4n) is 1.79. The molecule has 92 valence electrons. The molecule has 3 atom stereocenters. The van der Waals surface area contributed by atoms with Crippen molar-refractivity contribution in [2.24, 2.45) is 5.92 Å². The van der Waals surface area contributed by atoms with Crippen LogP contribution in [-0.4, -0.2) is 35.6 Å². The van der Waals surface area contributed by atoms with Crippen molar-refractivity contribution in [3.05, 3.63) is 41.8 Å². The standard InChI is InChI=1S/C13H16O3S/c14-8-11-12(15)9-16-13(11)6-7-17-10-4-2-1-3-5-10/h1-7,11-15H,8-9H2. The SMILES string of the molecule is OCC1C(O)COC1C=CSc1ccccc1. The molecule has 3 unspecified atom stereocenters. The first kappa shape index (κ1) is 12.6. The summed E-state index contributed by atoms with van der Waals surface area (Å²) in [7, 11) is 0. The summed E-state index contributed by atoms with van der Waals surface area (Å²) in [5, 5.41) is 20.6. The molecule has 1 aliphatic heterocycles. The minimum absolute atomic E-state index is 0.0494. The largest absolute Gasteiger partial charge is 0.396 e. The van der Waals surface area contributed by atoms with E-state index < -0.39 is 6.10 Å². The van der Waals surface area contributed by atoms with Crippen LogP contribution in [-0.2, 0) is 4.74 Å². The van der Waals surface area contributed by atoms with Crippen LogP contribution in [0, 0.1) is 5.92 Å². The number of benzene rings is 1. The topological polar surface area (TPSA) is 49.7 Å². The van der Waals surface area contributed by atoms with Crippen molar-refractivity contribution in [3.8, 4) is 0 Å². The van der Waals surface area contributed by atoms with Crippen molar-refractivity contribution < 1.29 is 14.9 Å². The van der Waals surface area contributed by atoms with Gasteiger partial charge in [0.15, 0.2) is 0 Å². The monoisotopic (exact) mass is 252 g/mol. The number of ether oxygens (including phenoxy) is 1. The van der Waals surface area contributed by atoms with E-state index in [1.165, 1.54) is 0 Å². The van der Waals surface area contributed by atoms with Crippen LogP contribution in [0.25, 0.3) is 0 Å². The van der Waals surface area contributed by atoms with E-state index in [0.717, 1.165) is 4.90 Å². The molecule has 0 aromatic heterocycles. The van der Waals surface area contributed by atoms with Crippen molar-refractivity contribution in [2.45, 2.75) is 17.1 Å². The fourth-order valence-corrected chi connectivity index (χ4v) is 2.50. The van der Waals surface area contributed by atoms with Crippen LogP contribution in [0.2, 0.25) is 0 Å². The summed E-state index contributed by atoms with van der Waals surface area (Å²) in [5.41, 5.74) is 0. The van der Waals surface area contributed by atoms with Gasteiger partial charge in [0, 0.05) is 10.8 Å². The van der Waals surface area contributed by atoms with E-state index in [1.54, 1.807) is 11.8 Å². The van der Waals surface area contributed by atoms with E-state index in [0.29, 0.717) is 6.61 Å². The average molecular weight is 252 g/mol. The highest BCUT2D eigenvalue weighted by Gasteiger charge is 2.33. The maximum absolute atomic E-state index is 9.55. The lowest BCUT2D eigenvalue weighted by Gasteiger charge is -2.13. The Morgan fingerprint density at radius 2 is 2.12 bits per heavy atom. The molecule has 4 heteroatoms. The van der Waals surface area contributed by atoms with Gasteiger partial charge in [0.1, 0.15) is 0 Å². The van der Waals surface area contributed by atoms with Crippen LogP contribution in [0.4, 0.5) is 0 Å². The second-order valence-electron chi connectivity index (χ2n) is 3.97. The van der Waals surface area contributed by atoms with E-state index in [2.05, 4.69) is 0 Å². The predicted octanol–water partition coefficient (Wildman–Crippen LogP) is 1.66. The number of thioether (sulfide) groups is 1. The lowest BCUT2D eigenvalue weighted by atomic mass is 10.0. The van der Waals surface area contributed by atoms with E-state index in [9.17, 15) is 5.11 Å². The van der Waals surface area contributed by atoms with Crippen LogP contribution in [0.5, 0.6) is 0 Å². The third kappa shape index (κ3) is 3.33. The summed E-state index contributed by atoms with van der Waals surface area (Å²) in [4.78, 5) is 1.16. The van der Waals surface area contributed by atoms with Crippen LogP contribution < -0.4 is 0 Å². The Balaban J connectivity index is 1.89. The molecule has 1 aromatic carbocycles. The zero-order chi connectivity index (χ0) is 12.1. The first-order chi connectivity index (χ1) is 8.31. The second-order valence-corrected chi connectivity index (χ2v) is 4.95. The number of hydrogen-bond donors (Lipinski definition) is 2. The smallest absolute Gasteiger partial charge is 0.0852 e. The van der Waals surface area contributed by atoms with Gasteiger partial charge >= 0.3 is 0 Å². The normalized spacial score (nSPS) is 28.9. The van der Waals surface area contributed by atoms with Gasteiger partial charge in [-0.15, -0.1) is 0 Å². The van der Waals surface area contributed by atoms with Crippen LogP contribution in [0.1, 0.15) is 0 Å². The van der Waals surface area contributed by atoms with Crippen molar-refractivity contribution in [1.29, 1.82) is 0 Å². The molecule has 0 radical (unpaired) electrons. The average Bonchev–Trinajstić information content (AvgIpc) is 2.71. The summed E-state index contributed by atoms with van der Waals surface area (Å²) in [6.07, 6.45) is 1.15. The molecule has 1 fully saturated rings. The van der Waals surface area contributed by atoms with Crippen molar-refractivity contribution in [1.82, 2.24) is 0 Å². The van der Waals surface area contributed by atoms with Gasteiger partial charge in [0.2, 0.25) is 0 Å². The second kappa shape index (κ2) is 6.21. The molecule has 1 saturated heterocycles. The molecule has 2 rings (SSSR count). The van der Waals surface area contributed by atoms with Crippen LogP contribution >= 0.6 is 11.8 Å². The van der Waals surface area contributed by atoms with E-state index in [1.807, 2.05) is 41.8 Å². The van der Waals surface area contributed by atoms with Crippen LogP contribution in [0.3, 0.4) is 0 Å². The zero-order valence-corrected chi connectivity index (χ0v) is 10.2. The molecule has 0 spiro atoms. The Morgan fingerprint density at radius 1 is 1.35 bits per heavy atom. The lowest BCUT2D eigenvalue weighted by Crippen LogP contribution is -2.26. The van der Waals surface area contributed by atoms with Gasteiger partial charge in [-0.25, -0.2) is 0 Å². The Labute approximate surface area is 105 Å². The third-order valence-corrected chi connectivity index (χ3v) is 3.64. The number of aliphatic hydroxyl groups is 2. The molecule has 0 bridgehead atoms. The molecule has 2 N–H and O–H groups in total. The Hall–Kier alpha value is -0.810. The highest BCUT2D eigenvalue weighted by atomic mass is 32.2. The van der Waals surface area contributed by atoms with Gasteiger partial charge in [-0.2, -0.15) is 0 Å². The van der Waals surface area contributed by atoms with Gasteiger partial charge in [-0.05, 0) is 23.6 Å². The Kier molecular flexibility index (Phi) is 4.62. The number of rotatable bonds is 4. The van der Waals surface area contributed by atoms with Gasteiger partial charge in [-0.1, -0.05) is 30.0 Å². The fraction of sp³-hybridized carbons (Fsp3) is 0.385. The Morgan fingerprint density at radius 3 is 2.82 bits per heavy atom. The van der Waals surface area contributed by atoms with Gasteiger partial charge in [0.25, 0.3) is 0 Å². The highest BCUT2D eigenvalue weighted by Crippen LogP contribution is 2.25. The summed E-state index contributed by atoms with van der Waals surface area (Å²) in [5.74, 6) is -0.206. The number of hydrogen-bond acceptors (Lipinski definition) is 4. The van der Waals surface area contributed by atoms with E-state index in [4.69, 9.17) is 9.84 Å². The summed E-state index contributed by atoms with van der Waals surface area (Å²) in [6.45, 7) is 0.252. The molecule has 1 aliphatic rings. The maximum Gasteiger partial charge on any atom is 0.0852 e. The molecule has 0 aliphatic carbocycles. The van der Waals surface area contributed by atoms with Crippen molar-refractivity contribution >= 4 is 11.8 Å². The minimum Gasteiger partial charge on any atom is -0.396 e. The van der Waals surface area contributed by atoms with E-state index >= 15 is 0 Å². The first-order valence-corrected chi connectivity index (χ1v) is 6.48. The summed E-state index contributed by atoms with van der Waals surface area (Å²) in [6, 6.07) is 10.0. The summed E-state index contributed by atoms with van der Waals surface area (Å²) < 4.78 is 5.40. The maximum atomic E-state index is 9.55. The number of aliphatic hydroxyl groups excluding tert-OH is 2. The lowest BCUT2D eigenvalue weighted by molar-refractivity contribution is 0.0967. The van der Waals surface area contributed by atoms with Crippen molar-refractivity contribution in [2.75, 3.05) is 13.2 Å². The quantitative estimate of drug-likeness (QED) is 0.800. The summed E-state index contributed by atoms with van der Waals surface area (Å²) >= 11 is 1.60. The molecule has 0 amide bonds. The molecule has 3 nitrogen and oxygen atoms in total. The Bertz CT molecular complexity index is 366. The van der Waals surface area contributed by atoms with Gasteiger partial charge < -0.3 is 14.9 Å². The molecular formula is C13H16O3S. The zero-order valence-electron chi connectivity index (χ0n) is 9.40. The third-order valence-electron chi connectivity index (χ3n) is 2.80. The first-order valence-electron chi connectivity index (χ1n) is 5.60. The van der Waals surface area contributed by atoms with E-state index in [-0.39, 0.29) is 18.6 Å². The van der Waals surface area contributed by atoms with Gasteiger partial charge in [0.05, 0.1) is 25.4 Å². The molecule has 0 saturated carbocycles.